The fourth-order valence-corrected chi connectivity index (χ4v) is 4.45. The zero-order valence-electron chi connectivity index (χ0n) is 16.1. The highest BCUT2D eigenvalue weighted by Gasteiger charge is 2.22. The number of pyridine rings is 1. The number of aromatic nitrogens is 1. The largest absolute Gasteiger partial charge is 0.393 e. The standard InChI is InChI=1S/C23H31N3O/c27-23-12-9-20(10-13-23)24-15-21-8-11-22(16-25-21)26-14-4-7-19(17-26)18-5-2-1-3-6-18/h1-3,5-6,8,11,16,19-20,23-24,27H,4,7,9-10,12-15,17H2/t19?,20-,23+. The number of anilines is 1. The Morgan fingerprint density at radius 2 is 1.81 bits per heavy atom. The fraction of sp³-hybridized carbons (Fsp3) is 0.522. The third-order valence-electron chi connectivity index (χ3n) is 6.14. The molecule has 1 aromatic carbocycles. The average Bonchev–Trinajstić information content (AvgIpc) is 2.74. The molecule has 2 fully saturated rings. The van der Waals surface area contributed by atoms with Crippen LogP contribution in [-0.2, 0) is 6.54 Å². The lowest BCUT2D eigenvalue weighted by atomic mass is 9.90. The van der Waals surface area contributed by atoms with Gasteiger partial charge in [0.1, 0.15) is 0 Å². The first-order valence-electron chi connectivity index (χ1n) is 10.4. The smallest absolute Gasteiger partial charge is 0.0553 e. The van der Waals surface area contributed by atoms with E-state index in [0.717, 1.165) is 51.0 Å². The molecule has 4 nitrogen and oxygen atoms in total. The molecule has 0 radical (unpaired) electrons. The lowest BCUT2D eigenvalue weighted by Gasteiger charge is -2.34. The molecule has 1 saturated heterocycles. The van der Waals surface area contributed by atoms with Crippen molar-refractivity contribution in [3.8, 4) is 0 Å². The zero-order valence-corrected chi connectivity index (χ0v) is 16.1. The highest BCUT2D eigenvalue weighted by atomic mass is 16.3. The van der Waals surface area contributed by atoms with E-state index in [1.165, 1.54) is 24.1 Å². The fourth-order valence-electron chi connectivity index (χ4n) is 4.45. The number of benzene rings is 1. The van der Waals surface area contributed by atoms with E-state index in [-0.39, 0.29) is 6.10 Å². The molecule has 1 saturated carbocycles. The van der Waals surface area contributed by atoms with Gasteiger partial charge in [0.25, 0.3) is 0 Å². The van der Waals surface area contributed by atoms with E-state index in [2.05, 4.69) is 52.7 Å². The second kappa shape index (κ2) is 8.85. The minimum Gasteiger partial charge on any atom is -0.393 e. The van der Waals surface area contributed by atoms with Gasteiger partial charge in [-0.1, -0.05) is 30.3 Å². The van der Waals surface area contributed by atoms with E-state index in [0.29, 0.717) is 12.0 Å². The number of hydrogen-bond acceptors (Lipinski definition) is 4. The molecule has 2 aromatic rings. The maximum absolute atomic E-state index is 9.61. The van der Waals surface area contributed by atoms with Crippen LogP contribution in [0.2, 0.25) is 0 Å². The van der Waals surface area contributed by atoms with Gasteiger partial charge in [0.2, 0.25) is 0 Å². The first-order chi connectivity index (χ1) is 13.3. The van der Waals surface area contributed by atoms with Gasteiger partial charge in [0, 0.05) is 31.6 Å². The van der Waals surface area contributed by atoms with Gasteiger partial charge in [0.15, 0.2) is 0 Å². The number of rotatable bonds is 5. The molecule has 1 aliphatic heterocycles. The third-order valence-corrected chi connectivity index (χ3v) is 6.14. The van der Waals surface area contributed by atoms with Crippen molar-refractivity contribution in [1.82, 2.24) is 10.3 Å². The molecule has 0 spiro atoms. The van der Waals surface area contributed by atoms with Gasteiger partial charge in [0.05, 0.1) is 23.7 Å². The second-order valence-electron chi connectivity index (χ2n) is 8.09. The maximum Gasteiger partial charge on any atom is 0.0553 e. The SMILES string of the molecule is O[C@H]1CC[C@@H](NCc2ccc(N3CCCC(c4ccccc4)C3)cn2)CC1. The lowest BCUT2D eigenvalue weighted by Crippen LogP contribution is -2.35. The predicted molar refractivity (Wildman–Crippen MR) is 110 cm³/mol. The summed E-state index contributed by atoms with van der Waals surface area (Å²) >= 11 is 0. The molecule has 1 aromatic heterocycles. The van der Waals surface area contributed by atoms with Crippen LogP contribution in [0.25, 0.3) is 0 Å². The number of piperidine rings is 1. The Kier molecular flexibility index (Phi) is 6.05. The Morgan fingerprint density at radius 1 is 1.00 bits per heavy atom. The van der Waals surface area contributed by atoms with Gasteiger partial charge in [-0.3, -0.25) is 4.98 Å². The molecular weight excluding hydrogens is 334 g/mol. The van der Waals surface area contributed by atoms with E-state index >= 15 is 0 Å². The molecule has 1 aliphatic carbocycles. The highest BCUT2D eigenvalue weighted by Crippen LogP contribution is 2.29. The van der Waals surface area contributed by atoms with Gasteiger partial charge in [-0.05, 0) is 56.2 Å². The summed E-state index contributed by atoms with van der Waals surface area (Å²) in [6, 6.07) is 15.8. The Morgan fingerprint density at radius 3 is 2.56 bits per heavy atom. The van der Waals surface area contributed by atoms with Gasteiger partial charge in [-0.15, -0.1) is 0 Å². The van der Waals surface area contributed by atoms with Crippen LogP contribution in [0.15, 0.2) is 48.7 Å². The monoisotopic (exact) mass is 365 g/mol. The highest BCUT2D eigenvalue weighted by molar-refractivity contribution is 5.46. The number of aliphatic hydroxyl groups is 1. The summed E-state index contributed by atoms with van der Waals surface area (Å²) in [5.74, 6) is 0.614. The molecule has 27 heavy (non-hydrogen) atoms. The quantitative estimate of drug-likeness (QED) is 0.845. The first-order valence-corrected chi connectivity index (χ1v) is 10.4. The van der Waals surface area contributed by atoms with Crippen LogP contribution in [-0.4, -0.2) is 35.3 Å². The summed E-state index contributed by atoms with van der Waals surface area (Å²) in [6.07, 6.45) is 8.41. The summed E-state index contributed by atoms with van der Waals surface area (Å²) in [5, 5.41) is 13.2. The van der Waals surface area contributed by atoms with Crippen molar-refractivity contribution < 1.29 is 5.11 Å². The lowest BCUT2D eigenvalue weighted by molar-refractivity contribution is 0.116. The van der Waals surface area contributed by atoms with Crippen molar-refractivity contribution in [2.45, 2.75) is 63.1 Å². The maximum atomic E-state index is 9.61. The third kappa shape index (κ3) is 4.88. The molecule has 1 unspecified atom stereocenters. The van der Waals surface area contributed by atoms with Crippen LogP contribution in [0.3, 0.4) is 0 Å². The molecule has 0 bridgehead atoms. The number of hydrogen-bond donors (Lipinski definition) is 2. The van der Waals surface area contributed by atoms with Crippen LogP contribution in [0.1, 0.15) is 55.7 Å². The molecule has 4 heteroatoms. The Balaban J connectivity index is 1.32. The predicted octanol–water partition coefficient (Wildman–Crippen LogP) is 3.86. The molecular formula is C23H31N3O. The van der Waals surface area contributed by atoms with Crippen LogP contribution in [0.4, 0.5) is 5.69 Å². The zero-order chi connectivity index (χ0) is 18.5. The van der Waals surface area contributed by atoms with E-state index in [9.17, 15) is 5.11 Å². The minimum absolute atomic E-state index is 0.0929. The van der Waals surface area contributed by atoms with Crippen LogP contribution in [0, 0.1) is 0 Å². The first kappa shape index (κ1) is 18.5. The molecule has 2 heterocycles. The Labute approximate surface area is 162 Å². The second-order valence-corrected chi connectivity index (χ2v) is 8.09. The minimum atomic E-state index is -0.0929. The van der Waals surface area contributed by atoms with Crippen molar-refractivity contribution in [2.24, 2.45) is 0 Å². The summed E-state index contributed by atoms with van der Waals surface area (Å²) in [4.78, 5) is 7.18. The normalized spacial score (nSPS) is 26.1. The van der Waals surface area contributed by atoms with Crippen LogP contribution >= 0.6 is 0 Å². The Bertz CT molecular complexity index is 695. The van der Waals surface area contributed by atoms with E-state index in [1.807, 2.05) is 6.20 Å². The molecule has 1 atom stereocenters. The average molecular weight is 366 g/mol. The molecule has 0 amide bonds. The van der Waals surface area contributed by atoms with E-state index in [1.54, 1.807) is 0 Å². The van der Waals surface area contributed by atoms with Crippen molar-refractivity contribution >= 4 is 5.69 Å². The molecule has 4 rings (SSSR count). The summed E-state index contributed by atoms with van der Waals surface area (Å²) in [6.45, 7) is 3.01. The van der Waals surface area contributed by atoms with Crippen LogP contribution < -0.4 is 10.2 Å². The number of nitrogens with one attached hydrogen (secondary N) is 1. The topological polar surface area (TPSA) is 48.4 Å². The molecule has 2 aliphatic rings. The van der Waals surface area contributed by atoms with Crippen molar-refractivity contribution in [1.29, 1.82) is 0 Å². The number of nitrogens with zero attached hydrogens (tertiary/aromatic N) is 2. The van der Waals surface area contributed by atoms with E-state index in [4.69, 9.17) is 4.98 Å². The van der Waals surface area contributed by atoms with Gasteiger partial charge in [-0.2, -0.15) is 0 Å². The van der Waals surface area contributed by atoms with Crippen molar-refractivity contribution in [3.63, 3.8) is 0 Å². The van der Waals surface area contributed by atoms with Crippen LogP contribution in [0.5, 0.6) is 0 Å². The number of aliphatic hydroxyl groups excluding tert-OH is 1. The summed E-state index contributed by atoms with van der Waals surface area (Å²) in [7, 11) is 0. The Hall–Kier alpha value is -1.91. The summed E-state index contributed by atoms with van der Waals surface area (Å²) in [5.41, 5.74) is 3.79. The van der Waals surface area contributed by atoms with Crippen molar-refractivity contribution in [2.75, 3.05) is 18.0 Å². The van der Waals surface area contributed by atoms with Gasteiger partial charge in [-0.25, -0.2) is 0 Å². The molecule has 2 N–H and O–H groups in total. The van der Waals surface area contributed by atoms with Gasteiger partial charge >= 0.3 is 0 Å². The van der Waals surface area contributed by atoms with Gasteiger partial charge < -0.3 is 15.3 Å². The summed E-state index contributed by atoms with van der Waals surface area (Å²) < 4.78 is 0. The molecule has 144 valence electrons. The van der Waals surface area contributed by atoms with E-state index < -0.39 is 0 Å². The van der Waals surface area contributed by atoms with Crippen molar-refractivity contribution in [3.05, 3.63) is 59.9 Å².